The molecule has 2 aliphatic rings. The van der Waals surface area contributed by atoms with Crippen molar-refractivity contribution in [2.75, 3.05) is 52.5 Å². The van der Waals surface area contributed by atoms with Crippen LogP contribution in [0.25, 0.3) is 0 Å². The highest BCUT2D eigenvalue weighted by Crippen LogP contribution is 2.21. The highest BCUT2D eigenvalue weighted by molar-refractivity contribution is 6.34. The first kappa shape index (κ1) is 18.2. The van der Waals surface area contributed by atoms with Gasteiger partial charge in [-0.3, -0.25) is 14.4 Å². The van der Waals surface area contributed by atoms with Gasteiger partial charge in [0.15, 0.2) is 0 Å². The summed E-state index contributed by atoms with van der Waals surface area (Å²) in [4.78, 5) is 41.9. The van der Waals surface area contributed by atoms with Crippen LogP contribution in [0.1, 0.15) is 15.9 Å². The summed E-state index contributed by atoms with van der Waals surface area (Å²) in [7, 11) is 0. The number of carbonyl (C=O) groups excluding carboxylic acids is 3. The molecule has 1 aromatic rings. The number of aryl methyl sites for hydroxylation is 1. The van der Waals surface area contributed by atoms with Crippen LogP contribution in [0.5, 0.6) is 5.75 Å². The minimum absolute atomic E-state index is 0.0541. The van der Waals surface area contributed by atoms with Crippen LogP contribution in [0, 0.1) is 6.92 Å². The summed E-state index contributed by atoms with van der Waals surface area (Å²) in [5.74, 6) is -1.36. The van der Waals surface area contributed by atoms with E-state index in [9.17, 15) is 19.5 Å². The molecule has 0 unspecified atom stereocenters. The number of aromatic hydroxyl groups is 1. The molecular weight excluding hydrogens is 338 g/mol. The van der Waals surface area contributed by atoms with E-state index in [1.807, 2.05) is 6.92 Å². The van der Waals surface area contributed by atoms with Crippen molar-refractivity contribution in [2.24, 2.45) is 0 Å². The Labute approximate surface area is 151 Å². The maximum Gasteiger partial charge on any atom is 0.312 e. The van der Waals surface area contributed by atoms with Gasteiger partial charge in [-0.2, -0.15) is 0 Å². The van der Waals surface area contributed by atoms with E-state index in [0.29, 0.717) is 52.5 Å². The number of piperazine rings is 1. The van der Waals surface area contributed by atoms with E-state index in [-0.39, 0.29) is 17.2 Å². The minimum atomic E-state index is -0.530. The van der Waals surface area contributed by atoms with Gasteiger partial charge in [-0.25, -0.2) is 0 Å². The molecule has 2 aliphatic heterocycles. The van der Waals surface area contributed by atoms with Crippen molar-refractivity contribution in [3.63, 3.8) is 0 Å². The third-order valence-corrected chi connectivity index (χ3v) is 4.72. The lowest BCUT2D eigenvalue weighted by molar-refractivity contribution is -0.154. The fraction of sp³-hybridized carbons (Fsp3) is 0.500. The van der Waals surface area contributed by atoms with Gasteiger partial charge in [-0.15, -0.1) is 0 Å². The molecular formula is C18H23N3O5. The Bertz CT molecular complexity index is 707. The number of carbonyl (C=O) groups is 3. The Morgan fingerprint density at radius 1 is 0.885 bits per heavy atom. The molecule has 0 saturated carbocycles. The van der Waals surface area contributed by atoms with Crippen molar-refractivity contribution in [1.29, 1.82) is 0 Å². The second-order valence-corrected chi connectivity index (χ2v) is 6.51. The zero-order valence-electron chi connectivity index (χ0n) is 14.8. The molecule has 1 aromatic carbocycles. The lowest BCUT2D eigenvalue weighted by atomic mass is 10.1. The Hall–Kier alpha value is -2.61. The van der Waals surface area contributed by atoms with E-state index >= 15 is 0 Å². The summed E-state index contributed by atoms with van der Waals surface area (Å²) in [5.41, 5.74) is 1.14. The van der Waals surface area contributed by atoms with Crippen molar-refractivity contribution >= 4 is 17.7 Å². The van der Waals surface area contributed by atoms with Crippen molar-refractivity contribution in [3.8, 4) is 5.75 Å². The van der Waals surface area contributed by atoms with Gasteiger partial charge >= 0.3 is 11.8 Å². The number of benzene rings is 1. The monoisotopic (exact) mass is 361 g/mol. The number of rotatable bonds is 1. The van der Waals surface area contributed by atoms with Crippen LogP contribution in [0.15, 0.2) is 18.2 Å². The van der Waals surface area contributed by atoms with Gasteiger partial charge in [-0.1, -0.05) is 11.6 Å². The van der Waals surface area contributed by atoms with Crippen LogP contribution >= 0.6 is 0 Å². The molecule has 2 saturated heterocycles. The summed E-state index contributed by atoms with van der Waals surface area (Å²) in [6, 6.07) is 4.89. The van der Waals surface area contributed by atoms with Crippen LogP contribution in [-0.4, -0.2) is 90.0 Å². The fourth-order valence-corrected chi connectivity index (χ4v) is 3.14. The van der Waals surface area contributed by atoms with Gasteiger partial charge in [0.1, 0.15) is 5.75 Å². The predicted molar refractivity (Wildman–Crippen MR) is 92.7 cm³/mol. The van der Waals surface area contributed by atoms with Crippen molar-refractivity contribution < 1.29 is 24.2 Å². The lowest BCUT2D eigenvalue weighted by Crippen LogP contribution is -2.55. The lowest BCUT2D eigenvalue weighted by Gasteiger charge is -2.36. The number of phenols is 1. The van der Waals surface area contributed by atoms with E-state index in [2.05, 4.69) is 0 Å². The van der Waals surface area contributed by atoms with Crippen LogP contribution in [0.2, 0.25) is 0 Å². The molecule has 2 heterocycles. The van der Waals surface area contributed by atoms with Crippen molar-refractivity contribution in [3.05, 3.63) is 29.3 Å². The van der Waals surface area contributed by atoms with Crippen molar-refractivity contribution in [1.82, 2.24) is 14.7 Å². The second-order valence-electron chi connectivity index (χ2n) is 6.51. The quantitative estimate of drug-likeness (QED) is 0.702. The molecule has 26 heavy (non-hydrogen) atoms. The molecule has 8 nitrogen and oxygen atoms in total. The number of hydrogen-bond acceptors (Lipinski definition) is 5. The highest BCUT2D eigenvalue weighted by Gasteiger charge is 2.32. The van der Waals surface area contributed by atoms with Gasteiger partial charge in [0.25, 0.3) is 5.91 Å². The molecule has 2 fully saturated rings. The van der Waals surface area contributed by atoms with Crippen molar-refractivity contribution in [2.45, 2.75) is 6.92 Å². The summed E-state index contributed by atoms with van der Waals surface area (Å²) in [5, 5.41) is 9.92. The number of amides is 3. The predicted octanol–water partition coefficient (Wildman–Crippen LogP) is -0.156. The smallest absolute Gasteiger partial charge is 0.312 e. The standard InChI is InChI=1S/C18H23N3O5/c1-13-2-3-15(22)14(12-13)16(23)19-4-6-20(7-5-19)17(24)18(25)21-8-10-26-11-9-21/h2-3,12,22H,4-11H2,1H3. The van der Waals surface area contributed by atoms with Gasteiger partial charge in [0.2, 0.25) is 0 Å². The number of hydrogen-bond donors (Lipinski definition) is 1. The first-order valence-corrected chi connectivity index (χ1v) is 8.72. The molecule has 3 rings (SSSR count). The molecule has 0 aromatic heterocycles. The largest absolute Gasteiger partial charge is 0.507 e. The molecule has 8 heteroatoms. The third kappa shape index (κ3) is 3.80. The SMILES string of the molecule is Cc1ccc(O)c(C(=O)N2CCN(C(=O)C(=O)N3CCOCC3)CC2)c1. The minimum Gasteiger partial charge on any atom is -0.507 e. The number of morpholine rings is 1. The molecule has 0 bridgehead atoms. The first-order chi connectivity index (χ1) is 12.5. The molecule has 0 atom stereocenters. The fourth-order valence-electron chi connectivity index (χ4n) is 3.14. The maximum absolute atomic E-state index is 12.6. The van der Waals surface area contributed by atoms with Gasteiger partial charge in [0.05, 0.1) is 18.8 Å². The number of phenolic OH excluding ortho intramolecular Hbond substituents is 1. The zero-order valence-corrected chi connectivity index (χ0v) is 14.8. The maximum atomic E-state index is 12.6. The van der Waals surface area contributed by atoms with E-state index in [0.717, 1.165) is 5.56 Å². The molecule has 0 spiro atoms. The summed E-state index contributed by atoms with van der Waals surface area (Å²) in [6.45, 7) is 4.85. The summed E-state index contributed by atoms with van der Waals surface area (Å²) in [6.07, 6.45) is 0. The molecule has 3 amide bonds. The number of nitrogens with zero attached hydrogens (tertiary/aromatic N) is 3. The van der Waals surface area contributed by atoms with Crippen LogP contribution < -0.4 is 0 Å². The van der Waals surface area contributed by atoms with Crippen LogP contribution in [-0.2, 0) is 14.3 Å². The molecule has 140 valence electrons. The average Bonchev–Trinajstić information content (AvgIpc) is 2.69. The van der Waals surface area contributed by atoms with Gasteiger partial charge in [0, 0.05) is 39.3 Å². The Kier molecular flexibility index (Phi) is 5.41. The average molecular weight is 361 g/mol. The summed E-state index contributed by atoms with van der Waals surface area (Å²) < 4.78 is 5.19. The Morgan fingerprint density at radius 3 is 2.04 bits per heavy atom. The molecule has 0 radical (unpaired) electrons. The van der Waals surface area contributed by atoms with Crippen LogP contribution in [0.3, 0.4) is 0 Å². The van der Waals surface area contributed by atoms with Gasteiger partial charge in [-0.05, 0) is 19.1 Å². The zero-order chi connectivity index (χ0) is 18.7. The Balaban J connectivity index is 1.58. The normalized spacial score (nSPS) is 18.0. The first-order valence-electron chi connectivity index (χ1n) is 8.72. The molecule has 0 aliphatic carbocycles. The second kappa shape index (κ2) is 7.74. The van der Waals surface area contributed by atoms with E-state index in [4.69, 9.17) is 4.74 Å². The van der Waals surface area contributed by atoms with E-state index in [1.54, 1.807) is 17.0 Å². The topological polar surface area (TPSA) is 90.4 Å². The van der Waals surface area contributed by atoms with Gasteiger partial charge < -0.3 is 24.5 Å². The summed E-state index contributed by atoms with van der Waals surface area (Å²) >= 11 is 0. The third-order valence-electron chi connectivity index (χ3n) is 4.72. The van der Waals surface area contributed by atoms with E-state index in [1.165, 1.54) is 15.9 Å². The number of ether oxygens (including phenoxy) is 1. The van der Waals surface area contributed by atoms with Crippen LogP contribution in [0.4, 0.5) is 0 Å². The Morgan fingerprint density at radius 2 is 1.42 bits per heavy atom. The van der Waals surface area contributed by atoms with E-state index < -0.39 is 11.8 Å². The highest BCUT2D eigenvalue weighted by atomic mass is 16.5. The molecule has 1 N–H and O–H groups in total.